The number of likely N-dealkylation sites (tertiary alicyclic amines) is 1. The minimum absolute atomic E-state index is 0.269. The van der Waals surface area contributed by atoms with Gasteiger partial charge in [0.05, 0.1) is 0 Å². The number of hydrogen-bond donors (Lipinski definition) is 1. The average molecular weight is 264 g/mol. The standard InChI is InChI=1S/C14H20N2OS/c15-12-6-9-16(10-7-12)14(17)8-11-18-13-4-2-1-3-5-13/h1-5,12H,6-11,15H2. The van der Waals surface area contributed by atoms with Crippen LogP contribution in [0.3, 0.4) is 0 Å². The number of hydrogen-bond acceptors (Lipinski definition) is 3. The molecule has 0 unspecified atom stereocenters. The second kappa shape index (κ2) is 6.81. The van der Waals surface area contributed by atoms with E-state index in [-0.39, 0.29) is 11.9 Å². The number of carbonyl (C=O) groups is 1. The van der Waals surface area contributed by atoms with Gasteiger partial charge in [-0.2, -0.15) is 0 Å². The lowest BCUT2D eigenvalue weighted by Crippen LogP contribution is -2.42. The van der Waals surface area contributed by atoms with Crippen LogP contribution < -0.4 is 5.73 Å². The van der Waals surface area contributed by atoms with E-state index in [2.05, 4.69) is 12.1 Å². The minimum atomic E-state index is 0.269. The van der Waals surface area contributed by atoms with Crippen molar-refractivity contribution in [3.63, 3.8) is 0 Å². The highest BCUT2D eigenvalue weighted by Crippen LogP contribution is 2.18. The molecule has 1 aliphatic heterocycles. The molecule has 2 rings (SSSR count). The fourth-order valence-corrected chi connectivity index (χ4v) is 2.94. The fraction of sp³-hybridized carbons (Fsp3) is 0.500. The van der Waals surface area contributed by atoms with E-state index in [1.165, 1.54) is 4.90 Å². The Labute approximate surface area is 113 Å². The zero-order chi connectivity index (χ0) is 12.8. The second-order valence-corrected chi connectivity index (χ2v) is 5.80. The fourth-order valence-electron chi connectivity index (χ4n) is 2.08. The predicted molar refractivity (Wildman–Crippen MR) is 75.6 cm³/mol. The maximum atomic E-state index is 12.0. The van der Waals surface area contributed by atoms with Crippen molar-refractivity contribution in [3.05, 3.63) is 30.3 Å². The largest absolute Gasteiger partial charge is 0.343 e. The summed E-state index contributed by atoms with van der Waals surface area (Å²) in [7, 11) is 0. The molecular weight excluding hydrogens is 244 g/mol. The van der Waals surface area contributed by atoms with Gasteiger partial charge >= 0.3 is 0 Å². The Hall–Kier alpha value is -1.00. The number of benzene rings is 1. The van der Waals surface area contributed by atoms with Crippen LogP contribution in [-0.2, 0) is 4.79 Å². The molecule has 0 spiro atoms. The van der Waals surface area contributed by atoms with Gasteiger partial charge in [-0.05, 0) is 25.0 Å². The number of nitrogens with zero attached hydrogens (tertiary/aromatic N) is 1. The monoisotopic (exact) mass is 264 g/mol. The van der Waals surface area contributed by atoms with E-state index in [4.69, 9.17) is 5.73 Å². The Morgan fingerprint density at radius 3 is 2.61 bits per heavy atom. The van der Waals surface area contributed by atoms with Crippen LogP contribution in [-0.4, -0.2) is 35.7 Å². The lowest BCUT2D eigenvalue weighted by molar-refractivity contribution is -0.131. The maximum Gasteiger partial charge on any atom is 0.223 e. The van der Waals surface area contributed by atoms with Crippen molar-refractivity contribution in [3.8, 4) is 0 Å². The first-order valence-corrected chi connectivity index (χ1v) is 7.45. The van der Waals surface area contributed by atoms with E-state index in [1.54, 1.807) is 11.8 Å². The van der Waals surface area contributed by atoms with Crippen molar-refractivity contribution in [1.82, 2.24) is 4.90 Å². The molecule has 0 bridgehead atoms. The smallest absolute Gasteiger partial charge is 0.223 e. The number of amides is 1. The van der Waals surface area contributed by atoms with Crippen LogP contribution in [0.5, 0.6) is 0 Å². The van der Waals surface area contributed by atoms with Crippen molar-refractivity contribution in [2.75, 3.05) is 18.8 Å². The molecule has 1 aromatic rings. The summed E-state index contributed by atoms with van der Waals surface area (Å²) in [5, 5.41) is 0. The molecule has 1 heterocycles. The molecule has 0 radical (unpaired) electrons. The quantitative estimate of drug-likeness (QED) is 0.847. The van der Waals surface area contributed by atoms with E-state index in [0.29, 0.717) is 6.42 Å². The van der Waals surface area contributed by atoms with Gasteiger partial charge in [-0.15, -0.1) is 11.8 Å². The summed E-state index contributed by atoms with van der Waals surface area (Å²) in [6, 6.07) is 10.5. The van der Waals surface area contributed by atoms with Gasteiger partial charge in [0.15, 0.2) is 0 Å². The molecular formula is C14H20N2OS. The van der Waals surface area contributed by atoms with Crippen molar-refractivity contribution in [2.45, 2.75) is 30.2 Å². The molecule has 1 aliphatic rings. The van der Waals surface area contributed by atoms with Crippen molar-refractivity contribution < 1.29 is 4.79 Å². The summed E-state index contributed by atoms with van der Waals surface area (Å²) in [5.74, 6) is 1.12. The third kappa shape index (κ3) is 4.03. The van der Waals surface area contributed by atoms with Gasteiger partial charge in [-0.25, -0.2) is 0 Å². The highest BCUT2D eigenvalue weighted by molar-refractivity contribution is 7.99. The normalized spacial score (nSPS) is 16.8. The molecule has 98 valence electrons. The molecule has 1 aromatic carbocycles. The first-order chi connectivity index (χ1) is 8.75. The van der Waals surface area contributed by atoms with Gasteiger partial charge < -0.3 is 10.6 Å². The van der Waals surface area contributed by atoms with E-state index in [0.717, 1.165) is 31.7 Å². The minimum Gasteiger partial charge on any atom is -0.343 e. The summed E-state index contributed by atoms with van der Waals surface area (Å²) in [6.45, 7) is 1.66. The van der Waals surface area contributed by atoms with Crippen molar-refractivity contribution >= 4 is 17.7 Å². The van der Waals surface area contributed by atoms with Crippen LogP contribution in [0.15, 0.2) is 35.2 Å². The lowest BCUT2D eigenvalue weighted by Gasteiger charge is -2.30. The van der Waals surface area contributed by atoms with Crippen molar-refractivity contribution in [2.24, 2.45) is 5.73 Å². The van der Waals surface area contributed by atoms with Gasteiger partial charge in [0.1, 0.15) is 0 Å². The lowest BCUT2D eigenvalue weighted by atomic mass is 10.1. The number of piperidine rings is 1. The molecule has 0 aliphatic carbocycles. The number of carbonyl (C=O) groups excluding carboxylic acids is 1. The van der Waals surface area contributed by atoms with Crippen molar-refractivity contribution in [1.29, 1.82) is 0 Å². The topological polar surface area (TPSA) is 46.3 Å². The molecule has 3 nitrogen and oxygen atoms in total. The Morgan fingerprint density at radius 1 is 1.28 bits per heavy atom. The SMILES string of the molecule is NC1CCN(C(=O)CCSc2ccccc2)CC1. The van der Waals surface area contributed by atoms with Crippen LogP contribution in [0, 0.1) is 0 Å². The third-order valence-electron chi connectivity index (χ3n) is 3.22. The molecule has 1 amide bonds. The molecule has 18 heavy (non-hydrogen) atoms. The van der Waals surface area contributed by atoms with Gasteiger partial charge in [-0.1, -0.05) is 18.2 Å². The Kier molecular flexibility index (Phi) is 5.08. The summed E-state index contributed by atoms with van der Waals surface area (Å²) in [6.07, 6.45) is 2.50. The molecule has 4 heteroatoms. The maximum absolute atomic E-state index is 12.0. The number of nitrogens with two attached hydrogens (primary N) is 1. The average Bonchev–Trinajstić information content (AvgIpc) is 2.40. The molecule has 1 saturated heterocycles. The summed E-state index contributed by atoms with van der Waals surface area (Å²) >= 11 is 1.74. The molecule has 0 aromatic heterocycles. The van der Waals surface area contributed by atoms with Gasteiger partial charge in [0.25, 0.3) is 0 Å². The number of rotatable bonds is 4. The van der Waals surface area contributed by atoms with Crippen LogP contribution in [0.2, 0.25) is 0 Å². The van der Waals surface area contributed by atoms with E-state index < -0.39 is 0 Å². The summed E-state index contributed by atoms with van der Waals surface area (Å²) < 4.78 is 0. The zero-order valence-electron chi connectivity index (χ0n) is 10.5. The second-order valence-electron chi connectivity index (χ2n) is 4.63. The molecule has 1 fully saturated rings. The molecule has 2 N–H and O–H groups in total. The Bertz CT molecular complexity index is 375. The summed E-state index contributed by atoms with van der Waals surface area (Å²) in [5.41, 5.74) is 5.83. The van der Waals surface area contributed by atoms with Crippen LogP contribution >= 0.6 is 11.8 Å². The van der Waals surface area contributed by atoms with Crippen LogP contribution in [0.25, 0.3) is 0 Å². The van der Waals surface area contributed by atoms with Crippen LogP contribution in [0.4, 0.5) is 0 Å². The van der Waals surface area contributed by atoms with Crippen LogP contribution in [0.1, 0.15) is 19.3 Å². The van der Waals surface area contributed by atoms with E-state index >= 15 is 0 Å². The highest BCUT2D eigenvalue weighted by Gasteiger charge is 2.19. The number of thioether (sulfide) groups is 1. The highest BCUT2D eigenvalue weighted by atomic mass is 32.2. The van der Waals surface area contributed by atoms with Gasteiger partial charge in [-0.3, -0.25) is 4.79 Å². The summed E-state index contributed by atoms with van der Waals surface area (Å²) in [4.78, 5) is 15.1. The first-order valence-electron chi connectivity index (χ1n) is 6.47. The predicted octanol–water partition coefficient (Wildman–Crippen LogP) is 2.12. The third-order valence-corrected chi connectivity index (χ3v) is 4.23. The molecule has 0 saturated carbocycles. The van der Waals surface area contributed by atoms with Gasteiger partial charge in [0, 0.05) is 36.2 Å². The van der Waals surface area contributed by atoms with E-state index in [1.807, 2.05) is 23.1 Å². The first kappa shape index (κ1) is 13.4. The van der Waals surface area contributed by atoms with E-state index in [9.17, 15) is 4.79 Å². The molecule has 0 atom stereocenters. The Balaban J connectivity index is 1.69. The van der Waals surface area contributed by atoms with Gasteiger partial charge in [0.2, 0.25) is 5.91 Å². The Morgan fingerprint density at radius 2 is 1.94 bits per heavy atom. The zero-order valence-corrected chi connectivity index (χ0v) is 11.4.